The van der Waals surface area contributed by atoms with Crippen molar-refractivity contribution in [3.63, 3.8) is 0 Å². The summed E-state index contributed by atoms with van der Waals surface area (Å²) in [5.41, 5.74) is 6.00. The van der Waals surface area contributed by atoms with E-state index in [4.69, 9.17) is 20.1 Å². The number of fused-ring (bicyclic) bond motifs is 3. The van der Waals surface area contributed by atoms with E-state index in [1.54, 1.807) is 17.5 Å². The van der Waals surface area contributed by atoms with Crippen molar-refractivity contribution in [2.75, 3.05) is 5.32 Å². The fourth-order valence-corrected chi connectivity index (χ4v) is 10.7. The van der Waals surface area contributed by atoms with E-state index in [1.165, 1.54) is 38.5 Å². The van der Waals surface area contributed by atoms with E-state index in [0.29, 0.717) is 22.4 Å². The summed E-state index contributed by atoms with van der Waals surface area (Å²) < 4.78 is 5.12. The Hall–Kier alpha value is -5.09. The van der Waals surface area contributed by atoms with Gasteiger partial charge in [0.25, 0.3) is 0 Å². The molecule has 0 unspecified atom stereocenters. The van der Waals surface area contributed by atoms with Crippen LogP contribution in [0.2, 0.25) is 0 Å². The van der Waals surface area contributed by atoms with Gasteiger partial charge >= 0.3 is 5.97 Å². The molecule has 4 aliphatic carbocycles. The van der Waals surface area contributed by atoms with Gasteiger partial charge in [-0.05, 0) is 92.2 Å². The molecule has 244 valence electrons. The summed E-state index contributed by atoms with van der Waals surface area (Å²) in [6, 6.07) is 18.1. The van der Waals surface area contributed by atoms with Gasteiger partial charge in [-0.3, -0.25) is 9.08 Å². The van der Waals surface area contributed by atoms with Crippen molar-refractivity contribution in [1.82, 2.24) is 29.1 Å². The molecule has 4 saturated carbocycles. The lowest BCUT2D eigenvalue weighted by atomic mass is 9.49. The van der Waals surface area contributed by atoms with E-state index in [0.717, 1.165) is 72.9 Å². The molecular weight excluding hydrogens is 631 g/mol. The molecule has 9 nitrogen and oxygen atoms in total. The number of anilines is 2. The van der Waals surface area contributed by atoms with Gasteiger partial charge in [-0.1, -0.05) is 47.7 Å². The van der Waals surface area contributed by atoms with Gasteiger partial charge in [0.1, 0.15) is 11.4 Å². The lowest BCUT2D eigenvalue weighted by molar-refractivity contribution is -0.0638. The summed E-state index contributed by atoms with van der Waals surface area (Å²) in [5.74, 6) is 2.31. The minimum atomic E-state index is -1.01. The molecule has 0 atom stereocenters. The number of aromatic carboxylic acids is 1. The minimum absolute atomic E-state index is 0.178. The van der Waals surface area contributed by atoms with Crippen molar-refractivity contribution in [1.29, 1.82) is 0 Å². The first-order valence-corrected chi connectivity index (χ1v) is 18.0. The summed E-state index contributed by atoms with van der Waals surface area (Å²) in [7, 11) is 0. The Morgan fingerprint density at radius 2 is 1.63 bits per heavy atom. The normalized spacial score (nSPS) is 22.8. The zero-order chi connectivity index (χ0) is 32.9. The van der Waals surface area contributed by atoms with E-state index in [9.17, 15) is 9.90 Å². The number of imidazole rings is 1. The van der Waals surface area contributed by atoms with Gasteiger partial charge in [0.15, 0.2) is 10.8 Å². The maximum atomic E-state index is 13.0. The zero-order valence-corrected chi connectivity index (χ0v) is 28.0. The van der Waals surface area contributed by atoms with E-state index >= 15 is 0 Å². The largest absolute Gasteiger partial charge is 0.478 e. The average molecular weight is 666 g/mol. The molecule has 0 aliphatic heterocycles. The number of pyridine rings is 2. The number of carboxylic acid groups (broad SMARTS) is 1. The molecule has 2 N–H and O–H groups in total. The van der Waals surface area contributed by atoms with Crippen molar-refractivity contribution < 1.29 is 9.90 Å². The van der Waals surface area contributed by atoms with E-state index in [2.05, 4.69) is 29.1 Å². The Bertz CT molecular complexity index is 2390. The summed E-state index contributed by atoms with van der Waals surface area (Å²) in [5, 5.41) is 21.6. The molecule has 49 heavy (non-hydrogen) atoms. The number of para-hydroxylation sites is 1. The highest BCUT2D eigenvalue weighted by atomic mass is 32.1. The van der Waals surface area contributed by atoms with E-state index in [-0.39, 0.29) is 5.56 Å². The van der Waals surface area contributed by atoms with Gasteiger partial charge in [-0.25, -0.2) is 19.7 Å². The van der Waals surface area contributed by atoms with Crippen LogP contribution in [0.25, 0.3) is 49.0 Å². The van der Waals surface area contributed by atoms with Crippen LogP contribution < -0.4 is 5.32 Å². The predicted octanol–water partition coefficient (Wildman–Crippen LogP) is 8.99. The number of carbonyl (C=O) groups is 1. The van der Waals surface area contributed by atoms with Crippen molar-refractivity contribution in [3.8, 4) is 22.4 Å². The number of nitrogens with one attached hydrogen (secondary N) is 1. The first kappa shape index (κ1) is 28.9. The molecule has 0 radical (unpaired) electrons. The molecule has 4 aliphatic rings. The third-order valence-electron chi connectivity index (χ3n) is 11.5. The van der Waals surface area contributed by atoms with Crippen molar-refractivity contribution in [2.24, 2.45) is 23.2 Å². The molecule has 4 fully saturated rings. The number of nitrogens with zero attached hydrogens (tertiary/aromatic N) is 6. The molecule has 5 heterocycles. The smallest absolute Gasteiger partial charge is 0.340 e. The fraction of sp³-hybridized carbons (Fsp3) is 0.308. The summed E-state index contributed by atoms with van der Waals surface area (Å²) in [6.45, 7) is 3.00. The van der Waals surface area contributed by atoms with Crippen LogP contribution in [0.15, 0.2) is 79.4 Å². The first-order chi connectivity index (χ1) is 23.9. The molecule has 0 spiro atoms. The Kier molecular flexibility index (Phi) is 6.31. The number of aromatic nitrogens is 6. The summed E-state index contributed by atoms with van der Waals surface area (Å²) in [4.78, 5) is 27.2. The minimum Gasteiger partial charge on any atom is -0.478 e. The van der Waals surface area contributed by atoms with Crippen LogP contribution >= 0.6 is 11.3 Å². The van der Waals surface area contributed by atoms with Gasteiger partial charge in [0.2, 0.25) is 0 Å². The molecule has 0 amide bonds. The summed E-state index contributed by atoms with van der Waals surface area (Å²) in [6.07, 6.45) is 15.5. The first-order valence-electron chi connectivity index (χ1n) is 17.2. The molecule has 5 aromatic heterocycles. The number of rotatable bonds is 7. The number of benzene rings is 2. The highest BCUT2D eigenvalue weighted by Gasteiger charge is 2.51. The van der Waals surface area contributed by atoms with Crippen LogP contribution in [0, 0.1) is 30.1 Å². The maximum Gasteiger partial charge on any atom is 0.340 e. The van der Waals surface area contributed by atoms with E-state index < -0.39 is 5.97 Å². The van der Waals surface area contributed by atoms with Gasteiger partial charge < -0.3 is 10.4 Å². The van der Waals surface area contributed by atoms with Gasteiger partial charge in [0.05, 0.1) is 28.3 Å². The van der Waals surface area contributed by atoms with Crippen LogP contribution in [0.4, 0.5) is 10.9 Å². The quantitative estimate of drug-likeness (QED) is 0.175. The number of hydrogen-bond donors (Lipinski definition) is 2. The van der Waals surface area contributed by atoms with Crippen LogP contribution in [0.3, 0.4) is 0 Å². The second kappa shape index (κ2) is 10.7. The molecule has 2 aromatic carbocycles. The lowest BCUT2D eigenvalue weighted by Crippen LogP contribution is -2.48. The molecule has 11 rings (SSSR count). The molecule has 10 heteroatoms. The lowest BCUT2D eigenvalue weighted by Gasteiger charge is -2.56. The zero-order valence-electron chi connectivity index (χ0n) is 27.1. The highest BCUT2D eigenvalue weighted by Crippen LogP contribution is 2.60. The molecular formula is C39H35N7O2S. The molecule has 4 bridgehead atoms. The van der Waals surface area contributed by atoms with Crippen LogP contribution in [0.5, 0.6) is 0 Å². The Balaban J connectivity index is 1.02. The van der Waals surface area contributed by atoms with Crippen LogP contribution in [-0.4, -0.2) is 40.2 Å². The highest BCUT2D eigenvalue weighted by molar-refractivity contribution is 7.22. The number of carboxylic acids is 1. The SMILES string of the molecule is Cc1c(-c2ccn3c(-c4cnc(Nc5nc6ccccc6s5)c5ccccc45)cnc3c2C(=O)O)cnn1CC12CC3CC(CC(C3)C1)C2. The topological polar surface area (TPSA) is 110 Å². The third-order valence-corrected chi connectivity index (χ3v) is 12.5. The number of hydrogen-bond acceptors (Lipinski definition) is 7. The van der Waals surface area contributed by atoms with Crippen LogP contribution in [0.1, 0.15) is 54.6 Å². The standard InChI is InChI=1S/C39H35N7O2S/c1-22-29(19-42-46(22)21-39-15-23-12-24(16-39)14-25(13-23)17-39)27-10-11-45-32(20-41-36(45)34(27)37(47)48)30-18-40-35(28-7-3-2-6-26(28)30)44-38-43-31-8-4-5-9-33(31)49-38/h2-11,18-20,23-25H,12-17,21H2,1H3,(H,47,48)(H,40,43,44). The van der Waals surface area contributed by atoms with Gasteiger partial charge in [-0.15, -0.1) is 0 Å². The van der Waals surface area contributed by atoms with Crippen molar-refractivity contribution in [2.45, 2.75) is 52.0 Å². The summed E-state index contributed by atoms with van der Waals surface area (Å²) >= 11 is 1.59. The van der Waals surface area contributed by atoms with Gasteiger partial charge in [0, 0.05) is 46.7 Å². The number of thiazole rings is 1. The van der Waals surface area contributed by atoms with Crippen molar-refractivity contribution in [3.05, 3.63) is 90.6 Å². The second-order valence-electron chi connectivity index (χ2n) is 14.6. The average Bonchev–Trinajstić information content (AvgIpc) is 3.80. The fourth-order valence-electron chi connectivity index (χ4n) is 9.88. The molecule has 7 aromatic rings. The van der Waals surface area contributed by atoms with Gasteiger partial charge in [-0.2, -0.15) is 5.10 Å². The van der Waals surface area contributed by atoms with Crippen molar-refractivity contribution >= 4 is 54.9 Å². The predicted molar refractivity (Wildman–Crippen MR) is 192 cm³/mol. The third kappa shape index (κ3) is 4.60. The Morgan fingerprint density at radius 1 is 0.898 bits per heavy atom. The maximum absolute atomic E-state index is 13.0. The molecule has 0 saturated heterocycles. The second-order valence-corrected chi connectivity index (χ2v) is 15.7. The Labute approximate surface area is 286 Å². The Morgan fingerprint density at radius 3 is 2.39 bits per heavy atom. The van der Waals surface area contributed by atoms with E-state index in [1.807, 2.05) is 65.5 Å². The van der Waals surface area contributed by atoms with Crippen LogP contribution in [-0.2, 0) is 6.54 Å². The monoisotopic (exact) mass is 665 g/mol.